The van der Waals surface area contributed by atoms with Gasteiger partial charge in [-0.2, -0.15) is 0 Å². The number of piperazine rings is 1. The van der Waals surface area contributed by atoms with Gasteiger partial charge in [0.2, 0.25) is 0 Å². The number of hydrogen-bond donors (Lipinski definition) is 0. The highest BCUT2D eigenvalue weighted by atomic mass is 16.5. The molecular formula is C20H24N2O2. The van der Waals surface area contributed by atoms with Crippen LogP contribution in [0.4, 0.5) is 0 Å². The predicted molar refractivity (Wildman–Crippen MR) is 95.3 cm³/mol. The molecular weight excluding hydrogens is 300 g/mol. The Labute approximate surface area is 143 Å². The number of nitrogens with zero attached hydrogens (tertiary/aromatic N) is 2. The summed E-state index contributed by atoms with van der Waals surface area (Å²) in [6.45, 7) is 5.57. The van der Waals surface area contributed by atoms with Crippen molar-refractivity contribution in [2.24, 2.45) is 0 Å². The summed E-state index contributed by atoms with van der Waals surface area (Å²) < 4.78 is 5.15. The molecule has 3 rings (SSSR count). The first-order chi connectivity index (χ1) is 11.7. The van der Waals surface area contributed by atoms with Crippen molar-refractivity contribution in [2.45, 2.75) is 13.0 Å². The zero-order chi connectivity index (χ0) is 16.9. The van der Waals surface area contributed by atoms with Gasteiger partial charge in [-0.05, 0) is 36.8 Å². The number of carbonyl (C=O) groups excluding carboxylic acids is 1. The van der Waals surface area contributed by atoms with Crippen molar-refractivity contribution in [1.82, 2.24) is 9.80 Å². The average Bonchev–Trinajstić information content (AvgIpc) is 2.68. The van der Waals surface area contributed by atoms with Crippen LogP contribution in [0.5, 0.6) is 5.75 Å². The van der Waals surface area contributed by atoms with Crippen molar-refractivity contribution < 1.29 is 9.53 Å². The van der Waals surface area contributed by atoms with Crippen LogP contribution in [0, 0.1) is 0 Å². The molecule has 4 nitrogen and oxygen atoms in total. The summed E-state index contributed by atoms with van der Waals surface area (Å²) in [5.74, 6) is 0.873. The Bertz CT molecular complexity index is 662. The monoisotopic (exact) mass is 324 g/mol. The largest absolute Gasteiger partial charge is 0.497 e. The number of rotatable bonds is 4. The highest BCUT2D eigenvalue weighted by molar-refractivity contribution is 5.94. The SMILES string of the molecule is COc1ccc(C(=O)N2CCN(C(C)c3ccccc3)CC2)cc1. The molecule has 0 spiro atoms. The van der Waals surface area contributed by atoms with E-state index in [-0.39, 0.29) is 5.91 Å². The molecule has 0 bridgehead atoms. The highest BCUT2D eigenvalue weighted by Gasteiger charge is 2.25. The number of benzene rings is 2. The van der Waals surface area contributed by atoms with Gasteiger partial charge in [0.15, 0.2) is 0 Å². The lowest BCUT2D eigenvalue weighted by Gasteiger charge is -2.38. The Morgan fingerprint density at radius 2 is 1.58 bits per heavy atom. The molecule has 0 radical (unpaired) electrons. The quantitative estimate of drug-likeness (QED) is 0.866. The zero-order valence-corrected chi connectivity index (χ0v) is 14.3. The van der Waals surface area contributed by atoms with Crippen LogP contribution in [0.15, 0.2) is 54.6 Å². The van der Waals surface area contributed by atoms with Crippen molar-refractivity contribution in [3.8, 4) is 5.75 Å². The zero-order valence-electron chi connectivity index (χ0n) is 14.3. The molecule has 1 saturated heterocycles. The van der Waals surface area contributed by atoms with Crippen LogP contribution in [0.3, 0.4) is 0 Å². The maximum absolute atomic E-state index is 12.6. The summed E-state index contributed by atoms with van der Waals surface area (Å²) >= 11 is 0. The Morgan fingerprint density at radius 1 is 0.958 bits per heavy atom. The van der Waals surface area contributed by atoms with Gasteiger partial charge in [0.25, 0.3) is 5.91 Å². The Balaban J connectivity index is 1.59. The fourth-order valence-corrected chi connectivity index (χ4v) is 3.17. The fourth-order valence-electron chi connectivity index (χ4n) is 3.17. The molecule has 2 aromatic rings. The maximum atomic E-state index is 12.6. The molecule has 126 valence electrons. The minimum Gasteiger partial charge on any atom is -0.497 e. The molecule has 0 aromatic heterocycles. The second-order valence-corrected chi connectivity index (χ2v) is 6.14. The molecule has 0 saturated carbocycles. The first kappa shape index (κ1) is 16.5. The Kier molecular flexibility index (Phi) is 5.16. The minimum absolute atomic E-state index is 0.102. The van der Waals surface area contributed by atoms with E-state index in [4.69, 9.17) is 4.74 Å². The molecule has 1 aliphatic heterocycles. The smallest absolute Gasteiger partial charge is 0.253 e. The summed E-state index contributed by atoms with van der Waals surface area (Å²) in [5, 5.41) is 0. The molecule has 1 atom stereocenters. The van der Waals surface area contributed by atoms with Gasteiger partial charge in [0.1, 0.15) is 5.75 Å². The minimum atomic E-state index is 0.102. The lowest BCUT2D eigenvalue weighted by Crippen LogP contribution is -2.49. The number of ether oxygens (including phenoxy) is 1. The fraction of sp³-hybridized carbons (Fsp3) is 0.350. The van der Waals surface area contributed by atoms with E-state index in [0.29, 0.717) is 6.04 Å². The average molecular weight is 324 g/mol. The van der Waals surface area contributed by atoms with Crippen LogP contribution in [0.25, 0.3) is 0 Å². The van der Waals surface area contributed by atoms with Crippen LogP contribution in [-0.4, -0.2) is 49.0 Å². The normalized spacial score (nSPS) is 16.7. The first-order valence-electron chi connectivity index (χ1n) is 8.41. The van der Waals surface area contributed by atoms with Crippen LogP contribution >= 0.6 is 0 Å². The van der Waals surface area contributed by atoms with Crippen molar-refractivity contribution in [3.63, 3.8) is 0 Å². The van der Waals surface area contributed by atoms with Gasteiger partial charge in [-0.25, -0.2) is 0 Å². The highest BCUT2D eigenvalue weighted by Crippen LogP contribution is 2.22. The standard InChI is InChI=1S/C20H24N2O2/c1-16(17-6-4-3-5-7-17)21-12-14-22(15-13-21)20(23)18-8-10-19(24-2)11-9-18/h3-11,16H,12-15H2,1-2H3. The Morgan fingerprint density at radius 3 is 2.17 bits per heavy atom. The van der Waals surface area contributed by atoms with Crippen LogP contribution in [0.1, 0.15) is 28.9 Å². The molecule has 0 N–H and O–H groups in total. The Hall–Kier alpha value is -2.33. The summed E-state index contributed by atoms with van der Waals surface area (Å²) in [6.07, 6.45) is 0. The van der Waals surface area contributed by atoms with Crippen LogP contribution in [-0.2, 0) is 0 Å². The molecule has 0 aliphatic carbocycles. The van der Waals surface area contributed by atoms with Gasteiger partial charge < -0.3 is 9.64 Å². The number of amides is 1. The van der Waals surface area contributed by atoms with Gasteiger partial charge in [-0.3, -0.25) is 9.69 Å². The summed E-state index contributed by atoms with van der Waals surface area (Å²) in [7, 11) is 1.63. The summed E-state index contributed by atoms with van der Waals surface area (Å²) in [5.41, 5.74) is 2.05. The van der Waals surface area contributed by atoms with E-state index in [1.807, 2.05) is 35.2 Å². The summed E-state index contributed by atoms with van der Waals surface area (Å²) in [4.78, 5) is 17.0. The number of methoxy groups -OCH3 is 1. The first-order valence-corrected chi connectivity index (χ1v) is 8.41. The van der Waals surface area contributed by atoms with Gasteiger partial charge in [-0.1, -0.05) is 30.3 Å². The van der Waals surface area contributed by atoms with Gasteiger partial charge >= 0.3 is 0 Å². The molecule has 4 heteroatoms. The predicted octanol–water partition coefficient (Wildman–Crippen LogP) is 3.21. The van der Waals surface area contributed by atoms with E-state index in [0.717, 1.165) is 37.5 Å². The molecule has 24 heavy (non-hydrogen) atoms. The van der Waals surface area contributed by atoms with E-state index in [2.05, 4.69) is 36.1 Å². The van der Waals surface area contributed by atoms with Crippen molar-refractivity contribution in [3.05, 3.63) is 65.7 Å². The van der Waals surface area contributed by atoms with E-state index in [1.54, 1.807) is 7.11 Å². The van der Waals surface area contributed by atoms with Crippen LogP contribution < -0.4 is 4.74 Å². The third-order valence-corrected chi connectivity index (χ3v) is 4.77. The number of hydrogen-bond acceptors (Lipinski definition) is 3. The molecule has 2 aromatic carbocycles. The van der Waals surface area contributed by atoms with E-state index >= 15 is 0 Å². The van der Waals surface area contributed by atoms with Crippen molar-refractivity contribution in [2.75, 3.05) is 33.3 Å². The van der Waals surface area contributed by atoms with Crippen molar-refractivity contribution >= 4 is 5.91 Å². The van der Waals surface area contributed by atoms with Gasteiger partial charge in [0, 0.05) is 37.8 Å². The molecule has 1 aliphatic rings. The number of carbonyl (C=O) groups is 1. The van der Waals surface area contributed by atoms with E-state index in [1.165, 1.54) is 5.56 Å². The molecule has 1 amide bonds. The van der Waals surface area contributed by atoms with E-state index in [9.17, 15) is 4.79 Å². The third-order valence-electron chi connectivity index (χ3n) is 4.77. The van der Waals surface area contributed by atoms with E-state index < -0.39 is 0 Å². The maximum Gasteiger partial charge on any atom is 0.253 e. The lowest BCUT2D eigenvalue weighted by molar-refractivity contribution is 0.0582. The summed E-state index contributed by atoms with van der Waals surface area (Å²) in [6, 6.07) is 18.2. The second-order valence-electron chi connectivity index (χ2n) is 6.14. The van der Waals surface area contributed by atoms with Crippen LogP contribution in [0.2, 0.25) is 0 Å². The third kappa shape index (κ3) is 3.60. The van der Waals surface area contributed by atoms with Crippen molar-refractivity contribution in [1.29, 1.82) is 0 Å². The molecule has 1 unspecified atom stereocenters. The molecule has 1 heterocycles. The topological polar surface area (TPSA) is 32.8 Å². The lowest BCUT2D eigenvalue weighted by atomic mass is 10.1. The second kappa shape index (κ2) is 7.49. The molecule has 1 fully saturated rings. The van der Waals surface area contributed by atoms with Gasteiger partial charge in [0.05, 0.1) is 7.11 Å². The van der Waals surface area contributed by atoms with Gasteiger partial charge in [-0.15, -0.1) is 0 Å².